The Balaban J connectivity index is 1.88. The van der Waals surface area contributed by atoms with E-state index in [-0.39, 0.29) is 24.2 Å². The Morgan fingerprint density at radius 2 is 2.15 bits per heavy atom. The van der Waals surface area contributed by atoms with E-state index in [1.807, 2.05) is 13.8 Å². The van der Waals surface area contributed by atoms with Gasteiger partial charge in [-0.15, -0.1) is 0 Å². The van der Waals surface area contributed by atoms with Crippen molar-refractivity contribution in [3.05, 3.63) is 24.0 Å². The van der Waals surface area contributed by atoms with Gasteiger partial charge in [0.05, 0.1) is 19.0 Å². The molecule has 1 saturated heterocycles. The van der Waals surface area contributed by atoms with Crippen LogP contribution in [0, 0.1) is 0 Å². The Morgan fingerprint density at radius 3 is 2.70 bits per heavy atom. The third kappa shape index (κ3) is 4.03. The van der Waals surface area contributed by atoms with E-state index in [1.54, 1.807) is 28.9 Å². The molecule has 11 heteroatoms. The number of carbonyl (C=O) groups is 1. The molecular formula is C16H24N6O4S. The summed E-state index contributed by atoms with van der Waals surface area (Å²) in [5, 5.41) is 7.95. The molecule has 148 valence electrons. The van der Waals surface area contributed by atoms with Crippen molar-refractivity contribution in [3.63, 3.8) is 0 Å². The molecule has 2 aromatic heterocycles. The molecular weight excluding hydrogens is 372 g/mol. The van der Waals surface area contributed by atoms with Crippen molar-refractivity contribution in [3.8, 4) is 0 Å². The monoisotopic (exact) mass is 396 g/mol. The standard InChI is InChI=1S/C16H24N6O4S/c1-11(2)15-18-13(19-26-15)10-22(27(4,24)25)12-6-5-9-21(16(12)23)14-7-8-17-20(14)3/h7-8,11-12H,5-6,9-10H2,1-4H3/t12-/m1/s1. The molecule has 27 heavy (non-hydrogen) atoms. The van der Waals surface area contributed by atoms with E-state index < -0.39 is 16.1 Å². The van der Waals surface area contributed by atoms with Crippen LogP contribution in [0.25, 0.3) is 0 Å². The minimum absolute atomic E-state index is 0.0366. The minimum atomic E-state index is -3.67. The largest absolute Gasteiger partial charge is 0.339 e. The van der Waals surface area contributed by atoms with Crippen LogP contribution in [0.4, 0.5) is 5.82 Å². The van der Waals surface area contributed by atoms with E-state index in [4.69, 9.17) is 4.52 Å². The minimum Gasteiger partial charge on any atom is -0.339 e. The van der Waals surface area contributed by atoms with E-state index >= 15 is 0 Å². The number of amides is 1. The Bertz CT molecular complexity index is 919. The average Bonchev–Trinajstić information content (AvgIpc) is 3.21. The molecule has 1 fully saturated rings. The summed E-state index contributed by atoms with van der Waals surface area (Å²) in [6, 6.07) is 0.920. The van der Waals surface area contributed by atoms with Gasteiger partial charge in [-0.1, -0.05) is 19.0 Å². The predicted molar refractivity (Wildman–Crippen MR) is 97.4 cm³/mol. The first-order valence-corrected chi connectivity index (χ1v) is 10.6. The summed E-state index contributed by atoms with van der Waals surface area (Å²) in [6.07, 6.45) is 3.81. The van der Waals surface area contributed by atoms with Gasteiger partial charge in [-0.05, 0) is 12.8 Å². The van der Waals surface area contributed by atoms with Crippen LogP contribution in [0.1, 0.15) is 44.3 Å². The second kappa shape index (κ2) is 7.39. The molecule has 1 amide bonds. The summed E-state index contributed by atoms with van der Waals surface area (Å²) >= 11 is 0. The molecule has 0 unspecified atom stereocenters. The first-order valence-electron chi connectivity index (χ1n) is 8.77. The fourth-order valence-electron chi connectivity index (χ4n) is 3.15. The van der Waals surface area contributed by atoms with Crippen molar-refractivity contribution in [1.29, 1.82) is 0 Å². The SMILES string of the molecule is CC(C)c1nc(CN([C@@H]2CCCN(c3ccnn3C)C2=O)S(C)(=O)=O)no1. The average molecular weight is 396 g/mol. The molecule has 0 spiro atoms. The highest BCUT2D eigenvalue weighted by molar-refractivity contribution is 7.88. The zero-order chi connectivity index (χ0) is 19.8. The number of aryl methyl sites for hydroxylation is 1. The van der Waals surface area contributed by atoms with E-state index in [0.717, 1.165) is 10.6 Å². The van der Waals surface area contributed by atoms with Gasteiger partial charge in [0.15, 0.2) is 5.82 Å². The summed E-state index contributed by atoms with van der Waals surface area (Å²) in [4.78, 5) is 18.9. The molecule has 2 aromatic rings. The fraction of sp³-hybridized carbons (Fsp3) is 0.625. The van der Waals surface area contributed by atoms with Crippen molar-refractivity contribution >= 4 is 21.7 Å². The van der Waals surface area contributed by atoms with Gasteiger partial charge in [0, 0.05) is 25.6 Å². The van der Waals surface area contributed by atoms with Gasteiger partial charge >= 0.3 is 0 Å². The molecule has 1 atom stereocenters. The van der Waals surface area contributed by atoms with Crippen molar-refractivity contribution in [1.82, 2.24) is 24.2 Å². The van der Waals surface area contributed by atoms with Crippen molar-refractivity contribution in [2.75, 3.05) is 17.7 Å². The molecule has 0 aliphatic carbocycles. The number of sulfonamides is 1. The lowest BCUT2D eigenvalue weighted by Crippen LogP contribution is -2.54. The van der Waals surface area contributed by atoms with Gasteiger partial charge in [0.25, 0.3) is 0 Å². The van der Waals surface area contributed by atoms with Crippen LogP contribution >= 0.6 is 0 Å². The Labute approximate surface area is 158 Å². The van der Waals surface area contributed by atoms with Crippen molar-refractivity contribution < 1.29 is 17.7 Å². The van der Waals surface area contributed by atoms with Gasteiger partial charge in [0.1, 0.15) is 11.9 Å². The van der Waals surface area contributed by atoms with Crippen LogP contribution in [0.2, 0.25) is 0 Å². The van der Waals surface area contributed by atoms with Gasteiger partial charge in [-0.25, -0.2) is 8.42 Å². The summed E-state index contributed by atoms with van der Waals surface area (Å²) in [5.41, 5.74) is 0. The highest BCUT2D eigenvalue weighted by Gasteiger charge is 2.39. The van der Waals surface area contributed by atoms with Crippen LogP contribution in [-0.2, 0) is 28.4 Å². The number of anilines is 1. The third-order valence-corrected chi connectivity index (χ3v) is 5.77. The quantitative estimate of drug-likeness (QED) is 0.712. The maximum atomic E-state index is 13.1. The molecule has 1 aliphatic heterocycles. The number of piperidine rings is 1. The normalized spacial score (nSPS) is 18.7. The maximum absolute atomic E-state index is 13.1. The number of aromatic nitrogens is 4. The topological polar surface area (TPSA) is 114 Å². The number of carbonyl (C=O) groups excluding carboxylic acids is 1. The molecule has 0 aromatic carbocycles. The van der Waals surface area contributed by atoms with Crippen LogP contribution in [0.3, 0.4) is 0 Å². The van der Waals surface area contributed by atoms with Crippen LogP contribution in [0.5, 0.6) is 0 Å². The second-order valence-corrected chi connectivity index (χ2v) is 8.91. The second-order valence-electron chi connectivity index (χ2n) is 6.97. The van der Waals surface area contributed by atoms with Crippen LogP contribution in [-0.4, -0.2) is 57.4 Å². The van der Waals surface area contributed by atoms with Gasteiger partial charge < -0.3 is 4.52 Å². The van der Waals surface area contributed by atoms with E-state index in [2.05, 4.69) is 15.2 Å². The molecule has 3 rings (SSSR count). The van der Waals surface area contributed by atoms with E-state index in [0.29, 0.717) is 31.1 Å². The maximum Gasteiger partial charge on any atom is 0.246 e. The summed E-state index contributed by atoms with van der Waals surface area (Å²) in [6.45, 7) is 4.22. The predicted octanol–water partition coefficient (Wildman–Crippen LogP) is 0.884. The molecule has 1 aliphatic rings. The lowest BCUT2D eigenvalue weighted by Gasteiger charge is -2.36. The number of hydrogen-bond acceptors (Lipinski definition) is 7. The summed E-state index contributed by atoms with van der Waals surface area (Å²) in [5.74, 6) is 1.08. The lowest BCUT2D eigenvalue weighted by atomic mass is 10.0. The smallest absolute Gasteiger partial charge is 0.246 e. The van der Waals surface area contributed by atoms with Gasteiger partial charge in [0.2, 0.25) is 21.8 Å². The zero-order valence-electron chi connectivity index (χ0n) is 15.9. The molecule has 0 N–H and O–H groups in total. The number of nitrogens with zero attached hydrogens (tertiary/aromatic N) is 6. The first kappa shape index (κ1) is 19.5. The molecule has 0 radical (unpaired) electrons. The Morgan fingerprint density at radius 1 is 1.41 bits per heavy atom. The Kier molecular flexibility index (Phi) is 5.33. The van der Waals surface area contributed by atoms with E-state index in [1.165, 1.54) is 0 Å². The van der Waals surface area contributed by atoms with Gasteiger partial charge in [-0.3, -0.25) is 14.4 Å². The van der Waals surface area contributed by atoms with Crippen LogP contribution in [0.15, 0.2) is 16.8 Å². The highest BCUT2D eigenvalue weighted by atomic mass is 32.2. The highest BCUT2D eigenvalue weighted by Crippen LogP contribution is 2.26. The Hall–Kier alpha value is -2.27. The third-order valence-electron chi connectivity index (χ3n) is 4.53. The first-order chi connectivity index (χ1) is 12.7. The zero-order valence-corrected chi connectivity index (χ0v) is 16.7. The fourth-order valence-corrected chi connectivity index (χ4v) is 4.15. The molecule has 0 saturated carbocycles. The number of rotatable bonds is 6. The lowest BCUT2D eigenvalue weighted by molar-refractivity contribution is -0.123. The number of hydrogen-bond donors (Lipinski definition) is 0. The van der Waals surface area contributed by atoms with E-state index in [9.17, 15) is 13.2 Å². The summed E-state index contributed by atoms with van der Waals surface area (Å²) in [7, 11) is -1.92. The molecule has 3 heterocycles. The van der Waals surface area contributed by atoms with Crippen molar-refractivity contribution in [2.45, 2.75) is 45.2 Å². The van der Waals surface area contributed by atoms with Crippen LogP contribution < -0.4 is 4.90 Å². The summed E-state index contributed by atoms with van der Waals surface area (Å²) < 4.78 is 32.8. The van der Waals surface area contributed by atoms with Crippen molar-refractivity contribution in [2.24, 2.45) is 7.05 Å². The van der Waals surface area contributed by atoms with Gasteiger partial charge in [-0.2, -0.15) is 14.4 Å². The molecule has 0 bridgehead atoms. The molecule has 10 nitrogen and oxygen atoms in total.